The summed E-state index contributed by atoms with van der Waals surface area (Å²) in [5.74, 6) is -2.15. The third-order valence-electron chi connectivity index (χ3n) is 1.80. The van der Waals surface area contributed by atoms with E-state index < -0.39 is 11.9 Å². The number of nitrogens with zero attached hydrogens (tertiary/aromatic N) is 1. The van der Waals surface area contributed by atoms with Crippen LogP contribution >= 0.6 is 0 Å². The van der Waals surface area contributed by atoms with E-state index in [1.54, 1.807) is 4.90 Å². The Morgan fingerprint density at radius 3 is 1.16 bits per heavy atom. The maximum Gasteiger partial charge on any atom is 0.303 e. The minimum Gasteiger partial charge on any atom is -0.481 e. The van der Waals surface area contributed by atoms with Crippen LogP contribution in [-0.2, 0) is 9.59 Å². The third-order valence-corrected chi connectivity index (χ3v) is 1.80. The molecule has 0 atom stereocenters. The Hall–Kier alpha value is -0.220. The largest absolute Gasteiger partial charge is 0.481 e. The summed E-state index contributed by atoms with van der Waals surface area (Å²) in [7, 11) is 0. The summed E-state index contributed by atoms with van der Waals surface area (Å²) in [5, 5.41) is 41.3. The number of aliphatic hydroxyl groups excluding tert-OH is 3. The van der Waals surface area contributed by atoms with E-state index >= 15 is 0 Å². The molecule has 0 saturated heterocycles. The van der Waals surface area contributed by atoms with Crippen LogP contribution in [0.4, 0.5) is 0 Å². The number of hydrogen-bond donors (Lipinski definition) is 5. The quantitative estimate of drug-likeness (QED) is 0.302. The van der Waals surface area contributed by atoms with Crippen molar-refractivity contribution in [3.8, 4) is 0 Å². The maximum atomic E-state index is 9.64. The molecule has 0 unspecified atom stereocenters. The van der Waals surface area contributed by atoms with Crippen molar-refractivity contribution in [3.63, 3.8) is 0 Å². The van der Waals surface area contributed by atoms with Gasteiger partial charge in [0.05, 0.1) is 32.7 Å². The van der Waals surface area contributed by atoms with Gasteiger partial charge in [-0.15, -0.1) is 0 Å². The van der Waals surface area contributed by atoms with Crippen LogP contribution in [-0.4, -0.2) is 111 Å². The van der Waals surface area contributed by atoms with Crippen molar-refractivity contribution in [2.75, 3.05) is 39.5 Å². The smallest absolute Gasteiger partial charge is 0.303 e. The van der Waals surface area contributed by atoms with Crippen molar-refractivity contribution >= 4 is 41.5 Å². The van der Waals surface area contributed by atoms with E-state index in [1.165, 1.54) is 0 Å². The number of aliphatic carboxylic acids is 2. The summed E-state index contributed by atoms with van der Waals surface area (Å²) in [6.07, 6.45) is -0.593. The number of carboxylic acids is 2. The molecule has 109 valence electrons. The summed E-state index contributed by atoms with van der Waals surface area (Å²) < 4.78 is 0. The zero-order chi connectivity index (χ0) is 14.4. The average Bonchev–Trinajstić information content (AvgIpc) is 2.28. The van der Waals surface area contributed by atoms with E-state index in [-0.39, 0.29) is 62.2 Å². The van der Waals surface area contributed by atoms with Gasteiger partial charge in [-0.05, 0) is 0 Å². The molecule has 0 bridgehead atoms. The fraction of sp³-hybridized carbons (Fsp3) is 0.800. The van der Waals surface area contributed by atoms with Gasteiger partial charge in [-0.3, -0.25) is 14.5 Å². The topological polar surface area (TPSA) is 139 Å². The SMILES string of the molecule is O=C(O)CCC(=O)O.OCCN(CCO)CCO.[Na]. The van der Waals surface area contributed by atoms with Crippen molar-refractivity contribution in [2.24, 2.45) is 0 Å². The molecular formula is C10H21NNaO7. The van der Waals surface area contributed by atoms with Crippen molar-refractivity contribution in [3.05, 3.63) is 0 Å². The standard InChI is InChI=1S/C6H15NO3.C4H6O4.Na/c8-4-1-7(2-5-9)3-6-10;5-3(6)1-2-4(7)8;/h8-10H,1-6H2;1-2H2,(H,5,6)(H,7,8);. The van der Waals surface area contributed by atoms with E-state index in [2.05, 4.69) is 0 Å². The summed E-state index contributed by atoms with van der Waals surface area (Å²) in [6, 6.07) is 0. The van der Waals surface area contributed by atoms with Crippen molar-refractivity contribution in [1.29, 1.82) is 0 Å². The van der Waals surface area contributed by atoms with Crippen LogP contribution in [0.25, 0.3) is 0 Å². The Kier molecular flexibility index (Phi) is 22.3. The second kappa shape index (κ2) is 17.8. The first-order chi connectivity index (χ1) is 8.47. The van der Waals surface area contributed by atoms with Gasteiger partial charge in [0.25, 0.3) is 0 Å². The first-order valence-electron chi connectivity index (χ1n) is 5.46. The Balaban J connectivity index is -0.000000262. The molecular weight excluding hydrogens is 269 g/mol. The number of rotatable bonds is 9. The molecule has 9 heteroatoms. The zero-order valence-corrected chi connectivity index (χ0v) is 13.2. The van der Waals surface area contributed by atoms with Crippen LogP contribution in [0.3, 0.4) is 0 Å². The number of carbonyl (C=O) groups is 2. The van der Waals surface area contributed by atoms with Gasteiger partial charge in [-0.1, -0.05) is 0 Å². The molecule has 8 nitrogen and oxygen atoms in total. The average molecular weight is 290 g/mol. The molecule has 0 saturated carbocycles. The van der Waals surface area contributed by atoms with Gasteiger partial charge in [0.1, 0.15) is 0 Å². The van der Waals surface area contributed by atoms with E-state index in [9.17, 15) is 9.59 Å². The molecule has 0 aromatic rings. The first kappa shape index (κ1) is 23.8. The van der Waals surface area contributed by atoms with Gasteiger partial charge in [-0.2, -0.15) is 0 Å². The molecule has 5 N–H and O–H groups in total. The summed E-state index contributed by atoms with van der Waals surface area (Å²) in [6.45, 7) is 1.75. The number of aliphatic hydroxyl groups is 3. The maximum absolute atomic E-state index is 9.64. The van der Waals surface area contributed by atoms with Gasteiger partial charge in [0.15, 0.2) is 0 Å². The van der Waals surface area contributed by atoms with Gasteiger partial charge in [-0.25, -0.2) is 0 Å². The Morgan fingerprint density at radius 2 is 1.00 bits per heavy atom. The summed E-state index contributed by atoms with van der Waals surface area (Å²) in [5.41, 5.74) is 0. The fourth-order valence-corrected chi connectivity index (χ4v) is 0.974. The second-order valence-corrected chi connectivity index (χ2v) is 3.30. The van der Waals surface area contributed by atoms with Gasteiger partial charge in [0, 0.05) is 49.2 Å². The molecule has 19 heavy (non-hydrogen) atoms. The molecule has 0 aliphatic rings. The molecule has 0 fully saturated rings. The van der Waals surface area contributed by atoms with Gasteiger partial charge in [0.2, 0.25) is 0 Å². The van der Waals surface area contributed by atoms with Crippen molar-refractivity contribution < 1.29 is 35.1 Å². The van der Waals surface area contributed by atoms with E-state index in [4.69, 9.17) is 25.5 Å². The Bertz CT molecular complexity index is 200. The molecule has 0 aliphatic heterocycles. The monoisotopic (exact) mass is 290 g/mol. The predicted molar refractivity (Wildman–Crippen MR) is 68.0 cm³/mol. The van der Waals surface area contributed by atoms with E-state index in [0.29, 0.717) is 19.6 Å². The zero-order valence-electron chi connectivity index (χ0n) is 11.2. The molecule has 0 aliphatic carbocycles. The molecule has 0 spiro atoms. The molecule has 0 rings (SSSR count). The Morgan fingerprint density at radius 1 is 0.737 bits per heavy atom. The Labute approximate surface area is 133 Å². The van der Waals surface area contributed by atoms with Crippen LogP contribution < -0.4 is 0 Å². The summed E-state index contributed by atoms with van der Waals surface area (Å²) in [4.78, 5) is 21.1. The first-order valence-corrected chi connectivity index (χ1v) is 5.46. The fourth-order valence-electron chi connectivity index (χ4n) is 0.974. The molecule has 0 aromatic heterocycles. The van der Waals surface area contributed by atoms with Gasteiger partial charge < -0.3 is 25.5 Å². The molecule has 1 radical (unpaired) electrons. The van der Waals surface area contributed by atoms with Gasteiger partial charge >= 0.3 is 11.9 Å². The van der Waals surface area contributed by atoms with Crippen LogP contribution in [0.5, 0.6) is 0 Å². The minimum atomic E-state index is -1.08. The molecule has 0 heterocycles. The second-order valence-electron chi connectivity index (χ2n) is 3.30. The predicted octanol–water partition coefficient (Wildman–Crippen LogP) is -2.18. The van der Waals surface area contributed by atoms with Crippen LogP contribution in [0.1, 0.15) is 12.8 Å². The molecule has 0 amide bonds. The third kappa shape index (κ3) is 23.3. The van der Waals surface area contributed by atoms with Crippen LogP contribution in [0.15, 0.2) is 0 Å². The minimum absolute atomic E-state index is 0. The van der Waals surface area contributed by atoms with Crippen LogP contribution in [0.2, 0.25) is 0 Å². The van der Waals surface area contributed by atoms with Crippen LogP contribution in [0, 0.1) is 0 Å². The number of hydrogen-bond acceptors (Lipinski definition) is 6. The summed E-state index contributed by atoms with van der Waals surface area (Å²) >= 11 is 0. The number of carboxylic acid groups (broad SMARTS) is 2. The molecule has 0 aromatic carbocycles. The van der Waals surface area contributed by atoms with E-state index in [0.717, 1.165) is 0 Å². The van der Waals surface area contributed by atoms with Crippen molar-refractivity contribution in [2.45, 2.75) is 12.8 Å². The van der Waals surface area contributed by atoms with Crippen molar-refractivity contribution in [1.82, 2.24) is 4.90 Å². The van der Waals surface area contributed by atoms with E-state index in [1.807, 2.05) is 0 Å². The normalized spacial score (nSPS) is 9.26.